The molecule has 1 heterocycles. The second-order valence-electron chi connectivity index (χ2n) is 5.08. The fourth-order valence-electron chi connectivity index (χ4n) is 2.62. The van der Waals surface area contributed by atoms with E-state index in [9.17, 15) is 0 Å². The number of hydrogen-bond acceptors (Lipinski definition) is 1. The van der Waals surface area contributed by atoms with Crippen molar-refractivity contribution in [1.29, 1.82) is 0 Å². The molecule has 0 bridgehead atoms. The molecule has 0 aromatic carbocycles. The third kappa shape index (κ3) is 2.66. The van der Waals surface area contributed by atoms with Gasteiger partial charge in [0.15, 0.2) is 0 Å². The Bertz CT molecular complexity index is 327. The van der Waals surface area contributed by atoms with Crippen molar-refractivity contribution in [2.24, 2.45) is 5.92 Å². The molecule has 0 radical (unpaired) electrons. The number of nitrogens with zero attached hydrogens (tertiary/aromatic N) is 1. The number of hydrogen-bond donors (Lipinski definition) is 1. The summed E-state index contributed by atoms with van der Waals surface area (Å²) in [5.74, 6) is 2.12. The first-order chi connectivity index (χ1) is 7.83. The van der Waals surface area contributed by atoms with Crippen LogP contribution in [0, 0.1) is 5.92 Å². The Labute approximate surface area is 98.9 Å². The molecule has 2 heteroatoms. The van der Waals surface area contributed by atoms with Crippen LogP contribution in [0.4, 0.5) is 0 Å². The van der Waals surface area contributed by atoms with Crippen molar-refractivity contribution in [2.75, 3.05) is 0 Å². The van der Waals surface area contributed by atoms with E-state index < -0.39 is 0 Å². The number of aryl methyl sites for hydroxylation is 2. The predicted molar refractivity (Wildman–Crippen MR) is 67.6 cm³/mol. The van der Waals surface area contributed by atoms with E-state index in [0.717, 1.165) is 12.3 Å². The third-order valence-corrected chi connectivity index (χ3v) is 3.79. The summed E-state index contributed by atoms with van der Waals surface area (Å²) in [6.07, 6.45) is 10.1. The lowest BCUT2D eigenvalue weighted by Gasteiger charge is -2.19. The van der Waals surface area contributed by atoms with Gasteiger partial charge >= 0.3 is 0 Å². The lowest BCUT2D eigenvalue weighted by molar-refractivity contribution is 0.438. The molecule has 1 unspecified atom stereocenters. The van der Waals surface area contributed by atoms with E-state index in [0.29, 0.717) is 0 Å². The molecule has 2 rings (SSSR count). The number of aromatic amines is 1. The lowest BCUT2D eigenvalue weighted by Crippen LogP contribution is -2.12. The van der Waals surface area contributed by atoms with Gasteiger partial charge in [-0.05, 0) is 31.6 Å². The summed E-state index contributed by atoms with van der Waals surface area (Å²) in [4.78, 5) is 8.28. The summed E-state index contributed by atoms with van der Waals surface area (Å²) in [6, 6.07) is 0. The average Bonchev–Trinajstić information content (AvgIpc) is 2.70. The van der Waals surface area contributed by atoms with Gasteiger partial charge in [-0.1, -0.05) is 33.1 Å². The van der Waals surface area contributed by atoms with Gasteiger partial charge in [-0.15, -0.1) is 0 Å². The SMILES string of the molecule is CCCCCc1nc2c([nH]1)CC(CC)CC2. The highest BCUT2D eigenvalue weighted by Crippen LogP contribution is 2.26. The highest BCUT2D eigenvalue weighted by Gasteiger charge is 2.20. The molecule has 0 saturated carbocycles. The Balaban J connectivity index is 1.95. The van der Waals surface area contributed by atoms with Gasteiger partial charge in [0.2, 0.25) is 0 Å². The number of H-pyrrole nitrogens is 1. The van der Waals surface area contributed by atoms with Crippen LogP contribution in [0.2, 0.25) is 0 Å². The van der Waals surface area contributed by atoms with Crippen LogP contribution in [0.3, 0.4) is 0 Å². The van der Waals surface area contributed by atoms with E-state index in [4.69, 9.17) is 4.98 Å². The minimum absolute atomic E-state index is 0.886. The minimum Gasteiger partial charge on any atom is -0.346 e. The van der Waals surface area contributed by atoms with Crippen molar-refractivity contribution in [3.8, 4) is 0 Å². The molecule has 16 heavy (non-hydrogen) atoms. The molecule has 0 spiro atoms. The molecule has 0 amide bonds. The minimum atomic E-state index is 0.886. The smallest absolute Gasteiger partial charge is 0.106 e. The zero-order valence-corrected chi connectivity index (χ0v) is 10.7. The molecular weight excluding hydrogens is 196 g/mol. The quantitative estimate of drug-likeness (QED) is 0.754. The maximum atomic E-state index is 4.74. The zero-order chi connectivity index (χ0) is 11.4. The Hall–Kier alpha value is -0.790. The molecule has 1 atom stereocenters. The molecule has 0 fully saturated rings. The molecule has 0 saturated heterocycles. The van der Waals surface area contributed by atoms with E-state index in [-0.39, 0.29) is 0 Å². The number of rotatable bonds is 5. The molecule has 1 aromatic rings. The monoisotopic (exact) mass is 220 g/mol. The summed E-state index contributed by atoms with van der Waals surface area (Å²) in [5, 5.41) is 0. The number of fused-ring (bicyclic) bond motifs is 1. The van der Waals surface area contributed by atoms with E-state index in [2.05, 4.69) is 18.8 Å². The van der Waals surface area contributed by atoms with Gasteiger partial charge in [0.25, 0.3) is 0 Å². The van der Waals surface area contributed by atoms with Crippen molar-refractivity contribution in [3.63, 3.8) is 0 Å². The molecular formula is C14H24N2. The van der Waals surface area contributed by atoms with Crippen molar-refractivity contribution in [3.05, 3.63) is 17.2 Å². The number of unbranched alkanes of at least 4 members (excludes halogenated alkanes) is 2. The Morgan fingerprint density at radius 2 is 2.19 bits per heavy atom. The van der Waals surface area contributed by atoms with E-state index in [1.807, 2.05) is 0 Å². The number of aromatic nitrogens is 2. The zero-order valence-electron chi connectivity index (χ0n) is 10.7. The van der Waals surface area contributed by atoms with Crippen LogP contribution in [0.1, 0.15) is 63.2 Å². The van der Waals surface area contributed by atoms with Crippen LogP contribution in [-0.4, -0.2) is 9.97 Å². The number of imidazole rings is 1. The molecule has 1 aromatic heterocycles. The fourth-order valence-corrected chi connectivity index (χ4v) is 2.62. The van der Waals surface area contributed by atoms with Crippen molar-refractivity contribution >= 4 is 0 Å². The van der Waals surface area contributed by atoms with Crippen molar-refractivity contribution < 1.29 is 0 Å². The van der Waals surface area contributed by atoms with Gasteiger partial charge in [0, 0.05) is 12.1 Å². The summed E-state index contributed by atoms with van der Waals surface area (Å²) in [6.45, 7) is 4.55. The highest BCUT2D eigenvalue weighted by atomic mass is 14.9. The Kier molecular flexibility index (Phi) is 4.03. The maximum absolute atomic E-state index is 4.74. The Morgan fingerprint density at radius 1 is 1.31 bits per heavy atom. The second kappa shape index (κ2) is 5.51. The van der Waals surface area contributed by atoms with Crippen molar-refractivity contribution in [2.45, 2.75) is 65.2 Å². The number of nitrogens with one attached hydrogen (secondary N) is 1. The molecule has 1 N–H and O–H groups in total. The van der Waals surface area contributed by atoms with Gasteiger partial charge in [-0.2, -0.15) is 0 Å². The summed E-state index contributed by atoms with van der Waals surface area (Å²) in [7, 11) is 0. The van der Waals surface area contributed by atoms with E-state index in [1.54, 1.807) is 0 Å². The second-order valence-corrected chi connectivity index (χ2v) is 5.08. The van der Waals surface area contributed by atoms with Crippen LogP contribution < -0.4 is 0 Å². The molecule has 90 valence electrons. The molecule has 0 aliphatic heterocycles. The van der Waals surface area contributed by atoms with Crippen LogP contribution >= 0.6 is 0 Å². The maximum Gasteiger partial charge on any atom is 0.106 e. The highest BCUT2D eigenvalue weighted by molar-refractivity contribution is 5.18. The Morgan fingerprint density at radius 3 is 2.94 bits per heavy atom. The van der Waals surface area contributed by atoms with Gasteiger partial charge in [0.05, 0.1) is 5.69 Å². The van der Waals surface area contributed by atoms with Gasteiger partial charge in [0.1, 0.15) is 5.82 Å². The van der Waals surface area contributed by atoms with Crippen molar-refractivity contribution in [1.82, 2.24) is 9.97 Å². The molecule has 1 aliphatic rings. The predicted octanol–water partition coefficient (Wildman–Crippen LogP) is 3.66. The molecule has 2 nitrogen and oxygen atoms in total. The lowest BCUT2D eigenvalue weighted by atomic mass is 9.88. The van der Waals surface area contributed by atoms with Gasteiger partial charge in [-0.3, -0.25) is 0 Å². The third-order valence-electron chi connectivity index (χ3n) is 3.79. The standard InChI is InChI=1S/C14H24N2/c1-3-5-6-7-14-15-12-9-8-11(4-2)10-13(12)16-14/h11H,3-10H2,1-2H3,(H,15,16). The summed E-state index contributed by atoms with van der Waals surface area (Å²) < 4.78 is 0. The van der Waals surface area contributed by atoms with Gasteiger partial charge in [-0.25, -0.2) is 4.98 Å². The fraction of sp³-hybridized carbons (Fsp3) is 0.786. The van der Waals surface area contributed by atoms with Crippen LogP contribution in [-0.2, 0) is 19.3 Å². The summed E-state index contributed by atoms with van der Waals surface area (Å²) in [5.41, 5.74) is 2.79. The summed E-state index contributed by atoms with van der Waals surface area (Å²) >= 11 is 0. The average molecular weight is 220 g/mol. The van der Waals surface area contributed by atoms with Crippen LogP contribution in [0.25, 0.3) is 0 Å². The first-order valence-corrected chi connectivity index (χ1v) is 6.90. The van der Waals surface area contributed by atoms with E-state index >= 15 is 0 Å². The topological polar surface area (TPSA) is 28.7 Å². The normalized spacial score (nSPS) is 19.8. The van der Waals surface area contributed by atoms with Crippen LogP contribution in [0.5, 0.6) is 0 Å². The molecule has 1 aliphatic carbocycles. The first-order valence-electron chi connectivity index (χ1n) is 6.90. The largest absolute Gasteiger partial charge is 0.346 e. The van der Waals surface area contributed by atoms with Crippen LogP contribution in [0.15, 0.2) is 0 Å². The van der Waals surface area contributed by atoms with E-state index in [1.165, 1.54) is 62.2 Å². The van der Waals surface area contributed by atoms with Gasteiger partial charge < -0.3 is 4.98 Å². The first kappa shape index (κ1) is 11.7.